The van der Waals surface area contributed by atoms with Crippen LogP contribution in [0.15, 0.2) is 18.3 Å². The zero-order valence-electron chi connectivity index (χ0n) is 16.4. The van der Waals surface area contributed by atoms with Crippen molar-refractivity contribution in [1.82, 2.24) is 9.78 Å². The molecule has 0 spiro atoms. The predicted molar refractivity (Wildman–Crippen MR) is 106 cm³/mol. The number of nitrogens with one attached hydrogen (secondary N) is 1. The van der Waals surface area contributed by atoms with Crippen molar-refractivity contribution in [3.05, 3.63) is 23.9 Å². The molecule has 1 aliphatic rings. The number of amides is 1. The van der Waals surface area contributed by atoms with Gasteiger partial charge in [-0.3, -0.25) is 10.00 Å². The number of fused-ring (bicyclic) bond motifs is 1. The number of nitrogens with two attached hydrogens (primary N) is 1. The van der Waals surface area contributed by atoms with Gasteiger partial charge in [0.1, 0.15) is 5.60 Å². The number of nitrogens with zero attached hydrogens (tertiary/aromatic N) is 2. The van der Waals surface area contributed by atoms with E-state index in [2.05, 4.69) is 5.32 Å². The molecule has 0 bridgehead atoms. The zero-order valence-corrected chi connectivity index (χ0v) is 16.4. The third kappa shape index (κ3) is 4.78. The Hall–Kier alpha value is -2.12. The fourth-order valence-corrected chi connectivity index (χ4v) is 3.61. The molecule has 3 rings (SSSR count). The molecule has 1 amide bonds. The molecule has 7 heteroatoms. The van der Waals surface area contributed by atoms with Crippen molar-refractivity contribution in [3.8, 4) is 0 Å². The molecule has 0 saturated heterocycles. The lowest BCUT2D eigenvalue weighted by atomic mass is 9.87. The van der Waals surface area contributed by atoms with Crippen LogP contribution >= 0.6 is 0 Å². The Morgan fingerprint density at radius 3 is 2.63 bits per heavy atom. The second kappa shape index (κ2) is 7.86. The first-order chi connectivity index (χ1) is 12.8. The summed E-state index contributed by atoms with van der Waals surface area (Å²) in [7, 11) is 0. The summed E-state index contributed by atoms with van der Waals surface area (Å²) in [5, 5.41) is 17.8. The first-order valence-corrected chi connectivity index (χ1v) is 9.62. The van der Waals surface area contributed by atoms with Gasteiger partial charge in [0.2, 0.25) is 0 Å². The Balaban J connectivity index is 1.81. The average molecular weight is 374 g/mol. The molecule has 0 aliphatic heterocycles. The van der Waals surface area contributed by atoms with Crippen molar-refractivity contribution in [3.63, 3.8) is 0 Å². The van der Waals surface area contributed by atoms with Crippen molar-refractivity contribution in [2.45, 2.75) is 64.6 Å². The standard InChI is InChI=1S/C20H30N4O3/c1-20(2,3)27-19(26)22-17-9-15-11-24(23-18(15)8-14(17)10-21)16-6-4-13(12-25)5-7-16/h8-9,11,13,16,25H,4-7,10,12,21H2,1-3H3,(H,22,26). The average Bonchev–Trinajstić information content (AvgIpc) is 3.02. The van der Waals surface area contributed by atoms with E-state index in [-0.39, 0.29) is 6.61 Å². The highest BCUT2D eigenvalue weighted by Crippen LogP contribution is 2.33. The van der Waals surface area contributed by atoms with Crippen molar-refractivity contribution in [2.75, 3.05) is 11.9 Å². The smallest absolute Gasteiger partial charge is 0.412 e. The molecule has 2 aromatic rings. The summed E-state index contributed by atoms with van der Waals surface area (Å²) in [4.78, 5) is 12.1. The van der Waals surface area contributed by atoms with Crippen molar-refractivity contribution in [1.29, 1.82) is 0 Å². The van der Waals surface area contributed by atoms with Crippen LogP contribution < -0.4 is 11.1 Å². The second-order valence-electron chi connectivity index (χ2n) is 8.37. The van der Waals surface area contributed by atoms with Crippen LogP contribution in [0.4, 0.5) is 10.5 Å². The van der Waals surface area contributed by atoms with Gasteiger partial charge in [0.25, 0.3) is 0 Å². The van der Waals surface area contributed by atoms with Gasteiger partial charge in [0.05, 0.1) is 11.6 Å². The van der Waals surface area contributed by atoms with Gasteiger partial charge in [-0.05, 0) is 70.1 Å². The summed E-state index contributed by atoms with van der Waals surface area (Å²) >= 11 is 0. The molecule has 1 aromatic heterocycles. The molecule has 1 heterocycles. The number of hydrogen-bond acceptors (Lipinski definition) is 5. The highest BCUT2D eigenvalue weighted by molar-refractivity contribution is 5.91. The van der Waals surface area contributed by atoms with Gasteiger partial charge in [0, 0.05) is 30.4 Å². The van der Waals surface area contributed by atoms with Crippen LogP contribution in [0, 0.1) is 5.92 Å². The normalized spacial score (nSPS) is 20.6. The quantitative estimate of drug-likeness (QED) is 0.759. The Morgan fingerprint density at radius 1 is 1.33 bits per heavy atom. The van der Waals surface area contributed by atoms with Gasteiger partial charge in [-0.2, -0.15) is 5.10 Å². The molecule has 148 valence electrons. The van der Waals surface area contributed by atoms with Gasteiger partial charge in [-0.15, -0.1) is 0 Å². The molecule has 1 fully saturated rings. The second-order valence-corrected chi connectivity index (χ2v) is 8.37. The van der Waals surface area contributed by atoms with Gasteiger partial charge in [0.15, 0.2) is 0 Å². The minimum absolute atomic E-state index is 0.271. The summed E-state index contributed by atoms with van der Waals surface area (Å²) in [5.41, 5.74) is 7.66. The van der Waals surface area contributed by atoms with E-state index >= 15 is 0 Å². The van der Waals surface area contributed by atoms with Crippen LogP contribution in [0.3, 0.4) is 0 Å². The Morgan fingerprint density at radius 2 is 2.04 bits per heavy atom. The van der Waals surface area contributed by atoms with E-state index in [1.807, 2.05) is 43.8 Å². The monoisotopic (exact) mass is 374 g/mol. The number of hydrogen-bond donors (Lipinski definition) is 3. The minimum Gasteiger partial charge on any atom is -0.444 e. The number of anilines is 1. The number of aliphatic hydroxyl groups is 1. The molecule has 0 radical (unpaired) electrons. The fraction of sp³-hybridized carbons (Fsp3) is 0.600. The molecule has 0 unspecified atom stereocenters. The molecule has 0 atom stereocenters. The molecular formula is C20H30N4O3. The van der Waals surface area contributed by atoms with E-state index in [0.29, 0.717) is 24.2 Å². The Bertz CT molecular complexity index is 801. The minimum atomic E-state index is -0.560. The maximum absolute atomic E-state index is 12.1. The SMILES string of the molecule is CC(C)(C)OC(=O)Nc1cc2cn(C3CCC(CO)CC3)nc2cc1CN. The lowest BCUT2D eigenvalue weighted by molar-refractivity contribution is 0.0636. The van der Waals surface area contributed by atoms with Crippen LogP contribution in [0.1, 0.15) is 58.1 Å². The van der Waals surface area contributed by atoms with Crippen LogP contribution in [-0.2, 0) is 11.3 Å². The van der Waals surface area contributed by atoms with Gasteiger partial charge in [-0.1, -0.05) is 0 Å². The number of ether oxygens (including phenoxy) is 1. The number of aliphatic hydroxyl groups excluding tert-OH is 1. The number of carbonyl (C=O) groups excluding carboxylic acids is 1. The van der Waals surface area contributed by atoms with E-state index < -0.39 is 11.7 Å². The summed E-state index contributed by atoms with van der Waals surface area (Å²) in [6, 6.07) is 4.19. The summed E-state index contributed by atoms with van der Waals surface area (Å²) in [6.07, 6.45) is 5.62. The third-order valence-corrected chi connectivity index (χ3v) is 5.05. The van der Waals surface area contributed by atoms with E-state index in [1.54, 1.807) is 0 Å². The topological polar surface area (TPSA) is 102 Å². The predicted octanol–water partition coefficient (Wildman–Crippen LogP) is 3.57. The Labute approximate surface area is 159 Å². The lowest BCUT2D eigenvalue weighted by Crippen LogP contribution is -2.27. The van der Waals surface area contributed by atoms with E-state index in [9.17, 15) is 9.90 Å². The lowest BCUT2D eigenvalue weighted by Gasteiger charge is -2.27. The zero-order chi connectivity index (χ0) is 19.6. The first kappa shape index (κ1) is 19.6. The molecular weight excluding hydrogens is 344 g/mol. The molecule has 4 N–H and O–H groups in total. The molecule has 27 heavy (non-hydrogen) atoms. The number of carbonyl (C=O) groups is 1. The maximum Gasteiger partial charge on any atom is 0.412 e. The van der Waals surface area contributed by atoms with Crippen LogP contribution in [0.25, 0.3) is 10.9 Å². The molecule has 7 nitrogen and oxygen atoms in total. The van der Waals surface area contributed by atoms with Crippen molar-refractivity contribution >= 4 is 22.7 Å². The summed E-state index contributed by atoms with van der Waals surface area (Å²) < 4.78 is 7.37. The largest absolute Gasteiger partial charge is 0.444 e. The first-order valence-electron chi connectivity index (χ1n) is 9.62. The molecule has 1 saturated carbocycles. The summed E-state index contributed by atoms with van der Waals surface area (Å²) in [6.45, 7) is 6.06. The van der Waals surface area contributed by atoms with E-state index in [0.717, 1.165) is 42.1 Å². The van der Waals surface area contributed by atoms with Crippen molar-refractivity contribution < 1.29 is 14.6 Å². The van der Waals surface area contributed by atoms with Crippen LogP contribution in [-0.4, -0.2) is 33.2 Å². The van der Waals surface area contributed by atoms with E-state index in [4.69, 9.17) is 15.6 Å². The number of rotatable bonds is 4. The highest BCUT2D eigenvalue weighted by Gasteiger charge is 2.23. The van der Waals surface area contributed by atoms with Gasteiger partial charge in [-0.25, -0.2) is 4.79 Å². The maximum atomic E-state index is 12.1. The molecule has 1 aromatic carbocycles. The number of aromatic nitrogens is 2. The van der Waals surface area contributed by atoms with E-state index in [1.165, 1.54) is 0 Å². The van der Waals surface area contributed by atoms with Crippen molar-refractivity contribution in [2.24, 2.45) is 11.7 Å². The summed E-state index contributed by atoms with van der Waals surface area (Å²) in [5.74, 6) is 0.416. The molecule has 1 aliphatic carbocycles. The fourth-order valence-electron chi connectivity index (χ4n) is 3.61. The third-order valence-electron chi connectivity index (χ3n) is 5.05. The van der Waals surface area contributed by atoms with Crippen LogP contribution in [0.5, 0.6) is 0 Å². The highest BCUT2D eigenvalue weighted by atomic mass is 16.6. The van der Waals surface area contributed by atoms with Gasteiger partial charge >= 0.3 is 6.09 Å². The van der Waals surface area contributed by atoms with Gasteiger partial charge < -0.3 is 15.6 Å². The number of benzene rings is 1. The Kier molecular flexibility index (Phi) is 5.72. The van der Waals surface area contributed by atoms with Crippen LogP contribution in [0.2, 0.25) is 0 Å².